The predicted molar refractivity (Wildman–Crippen MR) is 145 cm³/mol. The number of hydrazine groups is 1. The summed E-state index contributed by atoms with van der Waals surface area (Å²) >= 11 is 0. The van der Waals surface area contributed by atoms with Crippen LogP contribution < -0.4 is 10.3 Å². The van der Waals surface area contributed by atoms with Crippen LogP contribution in [0, 0.1) is 0 Å². The summed E-state index contributed by atoms with van der Waals surface area (Å²) in [6, 6.07) is 26.5. The van der Waals surface area contributed by atoms with Gasteiger partial charge in [-0.2, -0.15) is 5.01 Å². The molecular formula is C30H31N3O5. The zero-order valence-electron chi connectivity index (χ0n) is 21.5. The molecule has 8 nitrogen and oxygen atoms in total. The molecule has 1 heterocycles. The summed E-state index contributed by atoms with van der Waals surface area (Å²) in [6.45, 7) is 3.75. The van der Waals surface area contributed by atoms with Gasteiger partial charge in [-0.05, 0) is 31.0 Å². The van der Waals surface area contributed by atoms with Crippen LogP contribution in [-0.2, 0) is 26.4 Å². The van der Waals surface area contributed by atoms with Crippen LogP contribution in [0.15, 0.2) is 91.0 Å². The monoisotopic (exact) mass is 513 g/mol. The average molecular weight is 514 g/mol. The largest absolute Gasteiger partial charge is 0.449 e. The number of fused-ring (bicyclic) bond motifs is 1. The zero-order valence-corrected chi connectivity index (χ0v) is 21.5. The molecule has 0 saturated heterocycles. The number of hydrogen-bond acceptors (Lipinski definition) is 5. The Kier molecular flexibility index (Phi) is 8.43. The van der Waals surface area contributed by atoms with E-state index in [-0.39, 0.29) is 32.1 Å². The maximum Gasteiger partial charge on any atom is 0.430 e. The van der Waals surface area contributed by atoms with Crippen LogP contribution in [0.1, 0.15) is 37.0 Å². The van der Waals surface area contributed by atoms with E-state index in [2.05, 4.69) is 5.43 Å². The van der Waals surface area contributed by atoms with Crippen molar-refractivity contribution in [1.29, 1.82) is 0 Å². The zero-order chi connectivity index (χ0) is 27.0. The van der Waals surface area contributed by atoms with Gasteiger partial charge in [-0.3, -0.25) is 4.79 Å². The van der Waals surface area contributed by atoms with Crippen LogP contribution in [-0.4, -0.2) is 36.3 Å². The Morgan fingerprint density at radius 1 is 0.895 bits per heavy atom. The van der Waals surface area contributed by atoms with Crippen LogP contribution in [0.5, 0.6) is 0 Å². The highest BCUT2D eigenvalue weighted by Crippen LogP contribution is 2.47. The molecule has 1 atom stereocenters. The first-order valence-electron chi connectivity index (χ1n) is 12.6. The number of hydrogen-bond donors (Lipinski definition) is 1. The van der Waals surface area contributed by atoms with E-state index < -0.39 is 17.7 Å². The number of amides is 3. The van der Waals surface area contributed by atoms with Gasteiger partial charge in [0.2, 0.25) is 0 Å². The molecule has 1 aliphatic rings. The fraction of sp³-hybridized carbons (Fsp3) is 0.233. The topological polar surface area (TPSA) is 88.2 Å². The average Bonchev–Trinajstić information content (AvgIpc) is 3.16. The lowest BCUT2D eigenvalue weighted by Gasteiger charge is -2.38. The number of para-hydroxylation sites is 1. The summed E-state index contributed by atoms with van der Waals surface area (Å²) < 4.78 is 10.4. The third-order valence-corrected chi connectivity index (χ3v) is 6.26. The second kappa shape index (κ2) is 12.1. The molecule has 0 unspecified atom stereocenters. The molecule has 0 fully saturated rings. The molecule has 3 amide bonds. The summed E-state index contributed by atoms with van der Waals surface area (Å²) in [5.41, 5.74) is 3.97. The van der Waals surface area contributed by atoms with Crippen molar-refractivity contribution in [3.63, 3.8) is 0 Å². The molecule has 0 spiro atoms. The van der Waals surface area contributed by atoms with E-state index in [1.54, 1.807) is 24.8 Å². The van der Waals surface area contributed by atoms with Crippen molar-refractivity contribution in [3.8, 4) is 0 Å². The molecule has 3 aromatic carbocycles. The Balaban J connectivity index is 1.85. The van der Waals surface area contributed by atoms with E-state index >= 15 is 0 Å². The van der Waals surface area contributed by atoms with Crippen molar-refractivity contribution >= 4 is 29.9 Å². The molecule has 0 radical (unpaired) electrons. The van der Waals surface area contributed by atoms with E-state index in [0.29, 0.717) is 11.3 Å². The van der Waals surface area contributed by atoms with Crippen LogP contribution in [0.3, 0.4) is 0 Å². The number of nitrogens with one attached hydrogen (secondary N) is 1. The Morgan fingerprint density at radius 2 is 1.53 bits per heavy atom. The van der Waals surface area contributed by atoms with Gasteiger partial charge in [0.25, 0.3) is 5.91 Å². The first-order valence-corrected chi connectivity index (χ1v) is 12.6. The van der Waals surface area contributed by atoms with Gasteiger partial charge in [-0.1, -0.05) is 91.0 Å². The normalized spacial score (nSPS) is 16.3. The van der Waals surface area contributed by atoms with Gasteiger partial charge in [0.05, 0.1) is 25.4 Å². The second-order valence-electron chi connectivity index (χ2n) is 8.64. The number of nitrogens with zero attached hydrogens (tertiary/aromatic N) is 2. The summed E-state index contributed by atoms with van der Waals surface area (Å²) in [4.78, 5) is 42.1. The van der Waals surface area contributed by atoms with Crippen molar-refractivity contribution in [2.24, 2.45) is 0 Å². The van der Waals surface area contributed by atoms with Crippen LogP contribution in [0.25, 0.3) is 6.08 Å². The number of ether oxygens (including phenoxy) is 2. The maximum atomic E-state index is 14.5. The lowest BCUT2D eigenvalue weighted by atomic mass is 9.86. The van der Waals surface area contributed by atoms with Crippen molar-refractivity contribution in [2.45, 2.75) is 32.4 Å². The van der Waals surface area contributed by atoms with Crippen LogP contribution >= 0.6 is 0 Å². The fourth-order valence-electron chi connectivity index (χ4n) is 4.60. The quantitative estimate of drug-likeness (QED) is 0.393. The molecule has 3 aromatic rings. The lowest BCUT2D eigenvalue weighted by Crippen LogP contribution is -2.62. The molecule has 1 aliphatic heterocycles. The third-order valence-electron chi connectivity index (χ3n) is 6.26. The minimum absolute atomic E-state index is 0.0549. The van der Waals surface area contributed by atoms with Crippen molar-refractivity contribution in [1.82, 2.24) is 10.4 Å². The molecule has 4 rings (SSSR count). The minimum atomic E-state index is -1.62. The Morgan fingerprint density at radius 3 is 2.21 bits per heavy atom. The minimum Gasteiger partial charge on any atom is -0.449 e. The molecule has 38 heavy (non-hydrogen) atoms. The Hall–Kier alpha value is -4.59. The number of rotatable bonds is 8. The predicted octanol–water partition coefficient (Wildman–Crippen LogP) is 5.65. The molecule has 0 aromatic heterocycles. The fourth-order valence-corrected chi connectivity index (χ4v) is 4.60. The SMILES string of the molecule is CCOC(=O)NN(C(=O)OCC)[C@]1(C/C=C/c2ccccc2)C(=O)N(Cc2ccccc2)c2ccccc21. The van der Waals surface area contributed by atoms with Crippen molar-refractivity contribution < 1.29 is 23.9 Å². The maximum absolute atomic E-state index is 14.5. The molecular weight excluding hydrogens is 482 g/mol. The van der Waals surface area contributed by atoms with E-state index in [9.17, 15) is 14.4 Å². The van der Waals surface area contributed by atoms with Gasteiger partial charge in [-0.25, -0.2) is 15.0 Å². The summed E-state index contributed by atoms with van der Waals surface area (Å²) in [5, 5.41) is 0.982. The second-order valence-corrected chi connectivity index (χ2v) is 8.64. The van der Waals surface area contributed by atoms with E-state index in [0.717, 1.165) is 16.1 Å². The van der Waals surface area contributed by atoms with Crippen molar-refractivity contribution in [2.75, 3.05) is 18.1 Å². The highest BCUT2D eigenvalue weighted by atomic mass is 16.6. The molecule has 0 saturated carbocycles. The third kappa shape index (κ3) is 5.39. The van der Waals surface area contributed by atoms with E-state index in [4.69, 9.17) is 9.47 Å². The standard InChI is InChI=1S/C30H31N3O5/c1-3-37-28(35)31-33(29(36)38-4-2)30(21-13-18-23-14-7-5-8-15-23)25-19-11-12-20-26(25)32(27(30)34)22-24-16-9-6-10-17-24/h5-20H,3-4,21-22H2,1-2H3,(H,31,35)/b18-13+/t30-/m0/s1. The summed E-state index contributed by atoms with van der Waals surface area (Å²) in [5.74, 6) is -0.370. The number of carbonyl (C=O) groups excluding carboxylic acids is 3. The summed E-state index contributed by atoms with van der Waals surface area (Å²) in [6.07, 6.45) is 2.06. The van der Waals surface area contributed by atoms with E-state index in [1.807, 2.05) is 91.0 Å². The molecule has 8 heteroatoms. The molecule has 196 valence electrons. The highest BCUT2D eigenvalue weighted by molar-refractivity contribution is 6.09. The highest BCUT2D eigenvalue weighted by Gasteiger charge is 2.57. The number of carbonyl (C=O) groups is 3. The Labute approximate surface area is 222 Å². The van der Waals surface area contributed by atoms with Gasteiger partial charge in [0.1, 0.15) is 0 Å². The molecule has 0 aliphatic carbocycles. The molecule has 0 bridgehead atoms. The summed E-state index contributed by atoms with van der Waals surface area (Å²) in [7, 11) is 0. The first-order chi connectivity index (χ1) is 18.5. The van der Waals surface area contributed by atoms with Gasteiger partial charge in [0.15, 0.2) is 5.54 Å². The van der Waals surface area contributed by atoms with Gasteiger partial charge >= 0.3 is 12.2 Å². The number of anilines is 1. The van der Waals surface area contributed by atoms with E-state index in [1.165, 1.54) is 0 Å². The number of benzene rings is 3. The molecule has 1 N–H and O–H groups in total. The van der Waals surface area contributed by atoms with Crippen LogP contribution in [0.4, 0.5) is 15.3 Å². The van der Waals surface area contributed by atoms with Crippen molar-refractivity contribution in [3.05, 3.63) is 108 Å². The van der Waals surface area contributed by atoms with Gasteiger partial charge < -0.3 is 14.4 Å². The van der Waals surface area contributed by atoms with Crippen LogP contribution in [0.2, 0.25) is 0 Å². The van der Waals surface area contributed by atoms with Gasteiger partial charge in [0, 0.05) is 12.0 Å². The first kappa shape index (κ1) is 26.5. The van der Waals surface area contributed by atoms with Gasteiger partial charge in [-0.15, -0.1) is 0 Å². The smallest absolute Gasteiger partial charge is 0.430 e. The lowest BCUT2D eigenvalue weighted by molar-refractivity contribution is -0.131. The Bertz CT molecular complexity index is 1300.